The molecule has 0 radical (unpaired) electrons. The van der Waals surface area contributed by atoms with Crippen LogP contribution in [0.2, 0.25) is 0 Å². The van der Waals surface area contributed by atoms with Crippen LogP contribution in [-0.2, 0) is 0 Å². The Bertz CT molecular complexity index is 889. The van der Waals surface area contributed by atoms with Crippen molar-refractivity contribution in [2.24, 2.45) is 0 Å². The third kappa shape index (κ3) is 3.54. The first kappa shape index (κ1) is 17.9. The van der Waals surface area contributed by atoms with E-state index in [2.05, 4.69) is 5.32 Å². The van der Waals surface area contributed by atoms with Crippen molar-refractivity contribution in [3.05, 3.63) is 68.8 Å². The van der Waals surface area contributed by atoms with E-state index < -0.39 is 10.5 Å². The van der Waals surface area contributed by atoms with Crippen LogP contribution in [0.3, 0.4) is 0 Å². The Balaban J connectivity index is 1.90. The Hall–Kier alpha value is -2.89. The number of amides is 1. The number of carbonyl (C=O) groups is 1. The van der Waals surface area contributed by atoms with Crippen LogP contribution in [0.15, 0.2) is 36.4 Å². The van der Waals surface area contributed by atoms with Crippen LogP contribution >= 0.6 is 0 Å². The molecule has 2 aromatic carbocycles. The minimum Gasteiger partial charge on any atom is -0.487 e. The summed E-state index contributed by atoms with van der Waals surface area (Å²) in [6.07, 6.45) is 0.614. The van der Waals surface area contributed by atoms with Gasteiger partial charge in [-0.05, 0) is 45.4 Å². The van der Waals surface area contributed by atoms with E-state index in [1.54, 1.807) is 19.1 Å². The van der Waals surface area contributed by atoms with Crippen molar-refractivity contribution in [3.8, 4) is 5.75 Å². The lowest BCUT2D eigenvalue weighted by molar-refractivity contribution is -0.385. The average Bonchev–Trinajstić information content (AvgIpc) is 2.53. The van der Waals surface area contributed by atoms with Gasteiger partial charge in [0.25, 0.3) is 11.6 Å². The van der Waals surface area contributed by atoms with Crippen LogP contribution < -0.4 is 10.1 Å². The van der Waals surface area contributed by atoms with Gasteiger partial charge < -0.3 is 10.1 Å². The first-order valence-electron chi connectivity index (χ1n) is 8.52. The maximum Gasteiger partial charge on any atom is 0.273 e. The molecule has 1 aliphatic rings. The van der Waals surface area contributed by atoms with E-state index in [0.29, 0.717) is 12.0 Å². The summed E-state index contributed by atoms with van der Waals surface area (Å²) in [5.74, 6) is 0.434. The van der Waals surface area contributed by atoms with Crippen LogP contribution in [0.5, 0.6) is 5.75 Å². The molecule has 0 bridgehead atoms. The van der Waals surface area contributed by atoms with E-state index >= 15 is 0 Å². The molecular formula is C20H22N2O4. The molecular weight excluding hydrogens is 332 g/mol. The quantitative estimate of drug-likeness (QED) is 0.660. The molecule has 6 nitrogen and oxygen atoms in total. The third-order valence-electron chi connectivity index (χ3n) is 4.60. The lowest BCUT2D eigenvalue weighted by Gasteiger charge is -2.38. The number of rotatable bonds is 3. The molecule has 1 amide bonds. The van der Waals surface area contributed by atoms with Gasteiger partial charge in [0.2, 0.25) is 0 Å². The number of carbonyl (C=O) groups excluding carboxylic acids is 1. The van der Waals surface area contributed by atoms with Gasteiger partial charge in [0.05, 0.1) is 11.0 Å². The summed E-state index contributed by atoms with van der Waals surface area (Å²) < 4.78 is 6.04. The SMILES string of the molecule is Cc1ccc2c(c1)OC(C)(C)CC2NC(=O)c1ccc(C)c([N+](=O)[O-])c1. The molecule has 1 atom stereocenters. The van der Waals surface area contributed by atoms with Gasteiger partial charge in [0.15, 0.2) is 0 Å². The molecule has 1 unspecified atom stereocenters. The summed E-state index contributed by atoms with van der Waals surface area (Å²) in [7, 11) is 0. The lowest BCUT2D eigenvalue weighted by Crippen LogP contribution is -2.41. The number of nitrogens with zero attached hydrogens (tertiary/aromatic N) is 1. The van der Waals surface area contributed by atoms with Crippen molar-refractivity contribution in [2.75, 3.05) is 0 Å². The zero-order chi connectivity index (χ0) is 19.1. The monoisotopic (exact) mass is 354 g/mol. The lowest BCUT2D eigenvalue weighted by atomic mass is 9.89. The Morgan fingerprint density at radius 3 is 2.65 bits per heavy atom. The second kappa shape index (κ2) is 6.44. The number of ether oxygens (including phenoxy) is 1. The molecule has 26 heavy (non-hydrogen) atoms. The molecule has 0 aliphatic carbocycles. The van der Waals surface area contributed by atoms with E-state index in [-0.39, 0.29) is 23.2 Å². The predicted molar refractivity (Wildman–Crippen MR) is 98.5 cm³/mol. The molecule has 136 valence electrons. The van der Waals surface area contributed by atoms with E-state index in [9.17, 15) is 14.9 Å². The fraction of sp³-hybridized carbons (Fsp3) is 0.350. The second-order valence-corrected chi connectivity index (χ2v) is 7.39. The smallest absolute Gasteiger partial charge is 0.273 e. The van der Waals surface area contributed by atoms with Gasteiger partial charge in [-0.25, -0.2) is 0 Å². The van der Waals surface area contributed by atoms with Crippen molar-refractivity contribution in [2.45, 2.75) is 45.8 Å². The number of nitrogens with one attached hydrogen (secondary N) is 1. The van der Waals surface area contributed by atoms with Gasteiger partial charge in [-0.15, -0.1) is 0 Å². The molecule has 1 aliphatic heterocycles. The van der Waals surface area contributed by atoms with Crippen molar-refractivity contribution in [3.63, 3.8) is 0 Å². The normalized spacial score (nSPS) is 17.8. The number of nitro benzene ring substituents is 1. The summed E-state index contributed by atoms with van der Waals surface area (Å²) in [5.41, 5.74) is 2.34. The fourth-order valence-electron chi connectivity index (χ4n) is 3.28. The summed E-state index contributed by atoms with van der Waals surface area (Å²) in [5, 5.41) is 14.1. The van der Waals surface area contributed by atoms with Crippen molar-refractivity contribution < 1.29 is 14.5 Å². The standard InChI is InChI=1S/C20H22N2O4/c1-12-5-8-15-16(11-20(3,4)26-18(15)9-12)21-19(23)14-7-6-13(2)17(10-14)22(24)25/h5-10,16H,11H2,1-4H3,(H,21,23). The molecule has 0 aromatic heterocycles. The van der Waals surface area contributed by atoms with Gasteiger partial charge in [-0.1, -0.05) is 18.2 Å². The number of hydrogen-bond donors (Lipinski definition) is 1. The zero-order valence-electron chi connectivity index (χ0n) is 15.3. The maximum absolute atomic E-state index is 12.7. The van der Waals surface area contributed by atoms with Gasteiger partial charge in [-0.3, -0.25) is 14.9 Å². The number of hydrogen-bond acceptors (Lipinski definition) is 4. The van der Waals surface area contributed by atoms with Gasteiger partial charge >= 0.3 is 0 Å². The topological polar surface area (TPSA) is 81.5 Å². The molecule has 1 N–H and O–H groups in total. The van der Waals surface area contributed by atoms with E-state index in [0.717, 1.165) is 16.9 Å². The van der Waals surface area contributed by atoms with Crippen LogP contribution in [0, 0.1) is 24.0 Å². The Kier molecular flexibility index (Phi) is 4.44. The molecule has 0 spiro atoms. The second-order valence-electron chi connectivity index (χ2n) is 7.39. The van der Waals surface area contributed by atoms with Gasteiger partial charge in [0.1, 0.15) is 11.4 Å². The minimum atomic E-state index is -0.470. The first-order valence-corrected chi connectivity index (χ1v) is 8.52. The highest BCUT2D eigenvalue weighted by molar-refractivity contribution is 5.95. The van der Waals surface area contributed by atoms with Crippen LogP contribution in [-0.4, -0.2) is 16.4 Å². The number of benzene rings is 2. The average molecular weight is 354 g/mol. The Morgan fingerprint density at radius 1 is 1.23 bits per heavy atom. The van der Waals surface area contributed by atoms with E-state index in [1.165, 1.54) is 6.07 Å². The minimum absolute atomic E-state index is 0.0546. The van der Waals surface area contributed by atoms with Crippen molar-refractivity contribution in [1.82, 2.24) is 5.32 Å². The largest absolute Gasteiger partial charge is 0.487 e. The van der Waals surface area contributed by atoms with Crippen LogP contribution in [0.25, 0.3) is 0 Å². The van der Waals surface area contributed by atoms with Gasteiger partial charge in [-0.2, -0.15) is 0 Å². The maximum atomic E-state index is 12.7. The Morgan fingerprint density at radius 2 is 1.96 bits per heavy atom. The predicted octanol–water partition coefficient (Wildman–Crippen LogP) is 4.24. The summed E-state index contributed by atoms with van der Waals surface area (Å²) in [6.45, 7) is 7.60. The highest BCUT2D eigenvalue weighted by atomic mass is 16.6. The highest BCUT2D eigenvalue weighted by Crippen LogP contribution is 2.40. The highest BCUT2D eigenvalue weighted by Gasteiger charge is 2.34. The molecule has 0 saturated carbocycles. The summed E-state index contributed by atoms with van der Waals surface area (Å²) >= 11 is 0. The Labute approximate surface area is 152 Å². The van der Waals surface area contributed by atoms with Crippen molar-refractivity contribution >= 4 is 11.6 Å². The zero-order valence-corrected chi connectivity index (χ0v) is 15.3. The molecule has 1 heterocycles. The molecule has 2 aromatic rings. The number of fused-ring (bicyclic) bond motifs is 1. The molecule has 0 saturated heterocycles. The number of nitro groups is 1. The van der Waals surface area contributed by atoms with E-state index in [1.807, 2.05) is 39.0 Å². The van der Waals surface area contributed by atoms with Crippen LogP contribution in [0.1, 0.15) is 53.4 Å². The summed E-state index contributed by atoms with van der Waals surface area (Å²) in [6, 6.07) is 10.2. The number of aryl methyl sites for hydroxylation is 2. The molecule has 0 fully saturated rings. The van der Waals surface area contributed by atoms with Crippen molar-refractivity contribution in [1.29, 1.82) is 0 Å². The third-order valence-corrected chi connectivity index (χ3v) is 4.60. The molecule has 3 rings (SSSR count). The first-order chi connectivity index (χ1) is 12.2. The van der Waals surface area contributed by atoms with Gasteiger partial charge in [0, 0.05) is 29.2 Å². The molecule has 6 heteroatoms. The fourth-order valence-corrected chi connectivity index (χ4v) is 3.28. The van der Waals surface area contributed by atoms with E-state index in [4.69, 9.17) is 4.74 Å². The van der Waals surface area contributed by atoms with Crippen LogP contribution in [0.4, 0.5) is 5.69 Å². The summed E-state index contributed by atoms with van der Waals surface area (Å²) in [4.78, 5) is 23.4.